The molecule has 2 rings (SSSR count). The van der Waals surface area contributed by atoms with Gasteiger partial charge in [-0.05, 0) is 30.4 Å². The molecule has 2 nitrogen and oxygen atoms in total. The first-order valence-electron chi connectivity index (χ1n) is 9.77. The van der Waals surface area contributed by atoms with Crippen molar-refractivity contribution in [3.8, 4) is 0 Å². The molecule has 1 heterocycles. The number of hydrogen-bond donors (Lipinski definition) is 1. The Labute approximate surface area is 152 Å². The van der Waals surface area contributed by atoms with E-state index in [0.29, 0.717) is 0 Å². The van der Waals surface area contributed by atoms with Crippen molar-refractivity contribution in [2.75, 3.05) is 4.90 Å². The van der Waals surface area contributed by atoms with Gasteiger partial charge in [0.15, 0.2) is 0 Å². The van der Waals surface area contributed by atoms with E-state index < -0.39 is 0 Å². The van der Waals surface area contributed by atoms with Crippen LogP contribution in [-0.4, -0.2) is 5.50 Å². The standard InChI is InChI=1S/C21H34N2S/c1-2-3-4-5-6-7-8-9-10-12-17-20-18-24-21(22)23(20)19-15-13-11-14-16-19/h11,13-16,18,21H,2-10,12,17,22H2,1H3. The average molecular weight is 347 g/mol. The average Bonchev–Trinajstić information content (AvgIpc) is 2.98. The molecule has 3 heteroatoms. The van der Waals surface area contributed by atoms with Gasteiger partial charge in [-0.3, -0.25) is 0 Å². The molecular formula is C21H34N2S. The number of anilines is 1. The lowest BCUT2D eigenvalue weighted by Crippen LogP contribution is -2.35. The predicted molar refractivity (Wildman–Crippen MR) is 109 cm³/mol. The topological polar surface area (TPSA) is 29.3 Å². The highest BCUT2D eigenvalue weighted by atomic mass is 32.2. The van der Waals surface area contributed by atoms with Crippen LogP contribution in [0.5, 0.6) is 0 Å². The Balaban J connectivity index is 1.59. The number of benzene rings is 1. The number of rotatable bonds is 12. The summed E-state index contributed by atoms with van der Waals surface area (Å²) < 4.78 is 0. The fourth-order valence-corrected chi connectivity index (χ4v) is 4.21. The molecule has 0 saturated carbocycles. The van der Waals surface area contributed by atoms with Crippen molar-refractivity contribution in [3.63, 3.8) is 0 Å². The third-order valence-electron chi connectivity index (χ3n) is 4.73. The monoisotopic (exact) mass is 346 g/mol. The maximum absolute atomic E-state index is 6.26. The SMILES string of the molecule is CCCCCCCCCCCCC1=CSC(N)N1c1ccccc1. The van der Waals surface area contributed by atoms with Crippen molar-refractivity contribution in [1.82, 2.24) is 0 Å². The van der Waals surface area contributed by atoms with Gasteiger partial charge >= 0.3 is 0 Å². The van der Waals surface area contributed by atoms with Crippen molar-refractivity contribution in [2.24, 2.45) is 5.73 Å². The maximum atomic E-state index is 6.26. The normalized spacial score (nSPS) is 17.3. The summed E-state index contributed by atoms with van der Waals surface area (Å²) in [6.45, 7) is 2.28. The second kappa shape index (κ2) is 11.6. The van der Waals surface area contributed by atoms with Crippen LogP contribution >= 0.6 is 11.8 Å². The summed E-state index contributed by atoms with van der Waals surface area (Å²) in [5, 5.41) is 2.26. The lowest BCUT2D eigenvalue weighted by molar-refractivity contribution is 0.555. The molecule has 134 valence electrons. The number of unbranched alkanes of at least 4 members (excludes halogenated alkanes) is 9. The fourth-order valence-electron chi connectivity index (χ4n) is 3.30. The van der Waals surface area contributed by atoms with E-state index >= 15 is 0 Å². The van der Waals surface area contributed by atoms with Crippen molar-refractivity contribution in [1.29, 1.82) is 0 Å². The highest BCUT2D eigenvalue weighted by Gasteiger charge is 2.24. The molecule has 0 amide bonds. The third kappa shape index (κ3) is 6.52. The van der Waals surface area contributed by atoms with Crippen LogP contribution in [-0.2, 0) is 0 Å². The van der Waals surface area contributed by atoms with E-state index in [9.17, 15) is 0 Å². The van der Waals surface area contributed by atoms with E-state index in [4.69, 9.17) is 5.73 Å². The smallest absolute Gasteiger partial charge is 0.133 e. The summed E-state index contributed by atoms with van der Waals surface area (Å²) in [5.41, 5.74) is 8.89. The minimum atomic E-state index is 0.0329. The molecule has 24 heavy (non-hydrogen) atoms. The summed E-state index contributed by atoms with van der Waals surface area (Å²) in [5.74, 6) is 0. The molecule has 1 aromatic rings. The Morgan fingerprint density at radius 2 is 1.46 bits per heavy atom. The Morgan fingerprint density at radius 1 is 0.875 bits per heavy atom. The molecule has 1 aliphatic rings. The lowest BCUT2D eigenvalue weighted by atomic mass is 10.1. The van der Waals surface area contributed by atoms with Gasteiger partial charge in [0.25, 0.3) is 0 Å². The van der Waals surface area contributed by atoms with E-state index in [1.165, 1.54) is 75.6 Å². The van der Waals surface area contributed by atoms with Crippen LogP contribution in [0.25, 0.3) is 0 Å². The van der Waals surface area contributed by atoms with Crippen LogP contribution in [0, 0.1) is 0 Å². The minimum absolute atomic E-state index is 0.0329. The molecule has 2 N–H and O–H groups in total. The largest absolute Gasteiger partial charge is 0.319 e. The molecule has 0 aliphatic carbocycles. The molecular weight excluding hydrogens is 312 g/mol. The van der Waals surface area contributed by atoms with Crippen LogP contribution in [0.4, 0.5) is 5.69 Å². The summed E-state index contributed by atoms with van der Waals surface area (Å²) >= 11 is 1.73. The fraction of sp³-hybridized carbons (Fsp3) is 0.619. The molecule has 0 radical (unpaired) electrons. The van der Waals surface area contributed by atoms with Gasteiger partial charge in [0, 0.05) is 11.4 Å². The summed E-state index contributed by atoms with van der Waals surface area (Å²) in [4.78, 5) is 2.29. The second-order valence-electron chi connectivity index (χ2n) is 6.77. The van der Waals surface area contributed by atoms with Gasteiger partial charge in [-0.25, -0.2) is 0 Å². The first-order valence-corrected chi connectivity index (χ1v) is 10.7. The highest BCUT2D eigenvalue weighted by molar-refractivity contribution is 8.03. The van der Waals surface area contributed by atoms with Crippen LogP contribution in [0.2, 0.25) is 0 Å². The maximum Gasteiger partial charge on any atom is 0.133 e. The predicted octanol–water partition coefficient (Wildman–Crippen LogP) is 6.63. The molecule has 0 aromatic heterocycles. The molecule has 1 unspecified atom stereocenters. The zero-order chi connectivity index (χ0) is 17.0. The van der Waals surface area contributed by atoms with E-state index in [0.717, 1.165) is 6.42 Å². The first kappa shape index (κ1) is 19.4. The second-order valence-corrected chi connectivity index (χ2v) is 7.76. The number of nitrogens with zero attached hydrogens (tertiary/aromatic N) is 1. The zero-order valence-electron chi connectivity index (χ0n) is 15.3. The van der Waals surface area contributed by atoms with Crippen molar-refractivity contribution in [2.45, 2.75) is 83.1 Å². The molecule has 0 fully saturated rings. The minimum Gasteiger partial charge on any atom is -0.319 e. The van der Waals surface area contributed by atoms with Gasteiger partial charge in [-0.1, -0.05) is 94.7 Å². The molecule has 1 aliphatic heterocycles. The lowest BCUT2D eigenvalue weighted by Gasteiger charge is -2.26. The molecule has 0 bridgehead atoms. The Morgan fingerprint density at radius 3 is 2.08 bits per heavy atom. The Bertz CT molecular complexity index is 472. The Kier molecular flexibility index (Phi) is 9.37. The van der Waals surface area contributed by atoms with Gasteiger partial charge in [-0.2, -0.15) is 0 Å². The van der Waals surface area contributed by atoms with Crippen LogP contribution in [0.3, 0.4) is 0 Å². The highest BCUT2D eigenvalue weighted by Crippen LogP contribution is 2.35. The van der Waals surface area contributed by atoms with Gasteiger partial charge in [0.1, 0.15) is 5.50 Å². The van der Waals surface area contributed by atoms with E-state index in [-0.39, 0.29) is 5.50 Å². The number of thioether (sulfide) groups is 1. The number of allylic oxidation sites excluding steroid dienone is 1. The number of nitrogens with two attached hydrogens (primary N) is 1. The molecule has 0 spiro atoms. The summed E-state index contributed by atoms with van der Waals surface area (Å²) in [6.07, 6.45) is 15.0. The van der Waals surface area contributed by atoms with Crippen molar-refractivity contribution >= 4 is 17.4 Å². The molecule has 0 saturated heterocycles. The molecule has 1 atom stereocenters. The van der Waals surface area contributed by atoms with Crippen molar-refractivity contribution < 1.29 is 0 Å². The van der Waals surface area contributed by atoms with Gasteiger partial charge in [0.2, 0.25) is 0 Å². The first-order chi connectivity index (χ1) is 11.8. The Hall–Kier alpha value is -0.930. The van der Waals surface area contributed by atoms with Gasteiger partial charge in [-0.15, -0.1) is 0 Å². The zero-order valence-corrected chi connectivity index (χ0v) is 16.1. The number of hydrogen-bond acceptors (Lipinski definition) is 3. The van der Waals surface area contributed by atoms with Crippen LogP contribution < -0.4 is 10.6 Å². The van der Waals surface area contributed by atoms with Crippen molar-refractivity contribution in [3.05, 3.63) is 41.4 Å². The number of para-hydroxylation sites is 1. The molecule has 1 aromatic carbocycles. The van der Waals surface area contributed by atoms with Crippen LogP contribution in [0.15, 0.2) is 41.4 Å². The third-order valence-corrected chi connectivity index (χ3v) is 5.63. The summed E-state index contributed by atoms with van der Waals surface area (Å²) in [6, 6.07) is 10.5. The van der Waals surface area contributed by atoms with E-state index in [1.54, 1.807) is 11.8 Å². The van der Waals surface area contributed by atoms with Gasteiger partial charge < -0.3 is 10.6 Å². The van der Waals surface area contributed by atoms with E-state index in [1.807, 2.05) is 0 Å². The quantitative estimate of drug-likeness (QED) is 0.430. The summed E-state index contributed by atoms with van der Waals surface area (Å²) in [7, 11) is 0. The van der Waals surface area contributed by atoms with Crippen LogP contribution in [0.1, 0.15) is 77.6 Å². The van der Waals surface area contributed by atoms with Gasteiger partial charge in [0.05, 0.1) is 0 Å². The van der Waals surface area contributed by atoms with E-state index in [2.05, 4.69) is 47.6 Å².